The zero-order chi connectivity index (χ0) is 37.4. The minimum atomic E-state index is -1.82. The molecular weight excluding hydrogens is 684 g/mol. The SMILES string of the molecule is COC1CC(COC(=O)CO)C(OC2OC(COC(=O)CO)C(OC)C(OC(=O)CO)C2NC(=O)CO)C(OC(=O)CCO)C1NC(=O)CO. The van der Waals surface area contributed by atoms with Crippen LogP contribution in [0, 0.1) is 5.92 Å². The fourth-order valence-corrected chi connectivity index (χ4v) is 5.48. The zero-order valence-corrected chi connectivity index (χ0v) is 27.2. The van der Waals surface area contributed by atoms with E-state index in [-0.39, 0.29) is 6.42 Å². The first-order chi connectivity index (χ1) is 23.9. The van der Waals surface area contributed by atoms with Crippen LogP contribution in [0.3, 0.4) is 0 Å². The molecule has 1 heterocycles. The maximum absolute atomic E-state index is 12.8. The van der Waals surface area contributed by atoms with Gasteiger partial charge in [0.1, 0.15) is 64.0 Å². The van der Waals surface area contributed by atoms with E-state index in [0.717, 1.165) is 7.11 Å². The highest BCUT2D eigenvalue weighted by molar-refractivity contribution is 5.78. The first kappa shape index (κ1) is 42.6. The number of esters is 4. The van der Waals surface area contributed by atoms with Crippen molar-refractivity contribution in [2.75, 3.05) is 67.1 Å². The van der Waals surface area contributed by atoms with Gasteiger partial charge in [-0.15, -0.1) is 0 Å². The van der Waals surface area contributed by atoms with Crippen LogP contribution in [0.5, 0.6) is 0 Å². The Kier molecular flexibility index (Phi) is 18.4. The van der Waals surface area contributed by atoms with E-state index in [4.69, 9.17) is 43.0 Å². The van der Waals surface area contributed by atoms with E-state index < -0.39 is 156 Å². The van der Waals surface area contributed by atoms with E-state index in [2.05, 4.69) is 10.6 Å². The number of rotatable bonds is 19. The summed E-state index contributed by atoms with van der Waals surface area (Å²) in [6, 6.07) is -2.90. The normalized spacial score (nSPS) is 29.3. The molecule has 0 spiro atoms. The highest BCUT2D eigenvalue weighted by Gasteiger charge is 2.55. The van der Waals surface area contributed by atoms with Crippen molar-refractivity contribution in [1.29, 1.82) is 0 Å². The van der Waals surface area contributed by atoms with Gasteiger partial charge >= 0.3 is 23.9 Å². The smallest absolute Gasteiger partial charge is 0.332 e. The summed E-state index contributed by atoms with van der Waals surface area (Å²) in [7, 11) is 2.39. The summed E-state index contributed by atoms with van der Waals surface area (Å²) in [4.78, 5) is 73.8. The lowest BCUT2D eigenvalue weighted by Gasteiger charge is -2.50. The lowest BCUT2D eigenvalue weighted by atomic mass is 9.79. The van der Waals surface area contributed by atoms with E-state index in [1.807, 2.05) is 0 Å². The Hall–Kier alpha value is -3.58. The Morgan fingerprint density at radius 1 is 0.640 bits per heavy atom. The predicted molar refractivity (Wildman–Crippen MR) is 156 cm³/mol. The number of nitrogens with one attached hydrogen (secondary N) is 2. The lowest BCUT2D eigenvalue weighted by Crippen LogP contribution is -2.69. The van der Waals surface area contributed by atoms with Gasteiger partial charge in [-0.1, -0.05) is 0 Å². The number of ether oxygens (including phenoxy) is 8. The highest BCUT2D eigenvalue weighted by atomic mass is 16.7. The van der Waals surface area contributed by atoms with Crippen molar-refractivity contribution in [3.8, 4) is 0 Å². The minimum absolute atomic E-state index is 0.119. The molecule has 0 radical (unpaired) electrons. The first-order valence-corrected chi connectivity index (χ1v) is 15.2. The molecule has 0 aromatic carbocycles. The Balaban J connectivity index is 2.75. The van der Waals surface area contributed by atoms with Crippen molar-refractivity contribution in [2.24, 2.45) is 5.92 Å². The molecule has 1 saturated heterocycles. The first-order valence-electron chi connectivity index (χ1n) is 15.2. The molecule has 1 aliphatic heterocycles. The Bertz CT molecular complexity index is 1140. The number of aliphatic hydroxyl groups excluding tert-OH is 6. The molecular formula is C28H44N2O20. The van der Waals surface area contributed by atoms with Crippen molar-refractivity contribution in [3.63, 3.8) is 0 Å². The summed E-state index contributed by atoms with van der Waals surface area (Å²) in [6.07, 6.45) is -11.0. The van der Waals surface area contributed by atoms with Crippen molar-refractivity contribution < 1.29 is 97.3 Å². The molecule has 2 rings (SSSR count). The van der Waals surface area contributed by atoms with Crippen LogP contribution in [-0.2, 0) is 66.7 Å². The van der Waals surface area contributed by atoms with E-state index in [9.17, 15) is 54.3 Å². The van der Waals surface area contributed by atoms with Gasteiger partial charge in [-0.25, -0.2) is 14.4 Å². The average molecular weight is 729 g/mol. The summed E-state index contributed by atoms with van der Waals surface area (Å²) < 4.78 is 44.5. The third-order valence-corrected chi connectivity index (χ3v) is 7.64. The monoisotopic (exact) mass is 728 g/mol. The van der Waals surface area contributed by atoms with Crippen LogP contribution in [0.15, 0.2) is 0 Å². The van der Waals surface area contributed by atoms with Gasteiger partial charge in [0.2, 0.25) is 11.8 Å². The van der Waals surface area contributed by atoms with E-state index in [1.165, 1.54) is 7.11 Å². The summed E-state index contributed by atoms with van der Waals surface area (Å²) in [5, 5.41) is 61.0. The van der Waals surface area contributed by atoms with Gasteiger partial charge in [0, 0.05) is 20.1 Å². The third kappa shape index (κ3) is 12.0. The fourth-order valence-electron chi connectivity index (χ4n) is 5.48. The summed E-state index contributed by atoms with van der Waals surface area (Å²) >= 11 is 0. The van der Waals surface area contributed by atoms with E-state index in [1.54, 1.807) is 0 Å². The van der Waals surface area contributed by atoms with Crippen LogP contribution in [0.2, 0.25) is 0 Å². The van der Waals surface area contributed by atoms with Crippen molar-refractivity contribution in [2.45, 2.75) is 67.8 Å². The van der Waals surface area contributed by atoms with Crippen LogP contribution in [-0.4, -0.2) is 188 Å². The molecule has 50 heavy (non-hydrogen) atoms. The predicted octanol–water partition coefficient (Wildman–Crippen LogP) is -6.63. The second-order valence-electron chi connectivity index (χ2n) is 10.8. The summed E-state index contributed by atoms with van der Waals surface area (Å²) in [6.45, 7) is -7.11. The lowest BCUT2D eigenvalue weighted by molar-refractivity contribution is -0.308. The number of methoxy groups -OCH3 is 2. The second-order valence-corrected chi connectivity index (χ2v) is 10.8. The Labute approximate surface area is 284 Å². The molecule has 1 saturated carbocycles. The topological polar surface area (TPSA) is 322 Å². The number of aliphatic hydroxyl groups is 6. The fraction of sp³-hybridized carbons (Fsp3) is 0.786. The highest BCUT2D eigenvalue weighted by Crippen LogP contribution is 2.36. The molecule has 22 heteroatoms. The van der Waals surface area contributed by atoms with Crippen LogP contribution in [0.25, 0.3) is 0 Å². The number of carbonyl (C=O) groups is 6. The number of hydrogen-bond donors (Lipinski definition) is 8. The van der Waals surface area contributed by atoms with Gasteiger partial charge in [0.15, 0.2) is 18.5 Å². The minimum Gasteiger partial charge on any atom is -0.464 e. The third-order valence-electron chi connectivity index (χ3n) is 7.64. The number of hydrogen-bond acceptors (Lipinski definition) is 20. The van der Waals surface area contributed by atoms with Crippen molar-refractivity contribution >= 4 is 35.7 Å². The second kappa shape index (κ2) is 21.6. The van der Waals surface area contributed by atoms with Crippen molar-refractivity contribution in [3.05, 3.63) is 0 Å². The molecule has 2 amide bonds. The van der Waals surface area contributed by atoms with Gasteiger partial charge in [0.05, 0.1) is 31.8 Å². The molecule has 22 nitrogen and oxygen atoms in total. The van der Waals surface area contributed by atoms with Gasteiger partial charge in [-0.2, -0.15) is 0 Å². The standard InChI is InChI=1S/C28H44N2O20/c1-43-14-5-13(11-45-19(40)8-34)24(26(48-18(39)3-4-31)22(14)29-16(37)6-32)50-28-23(30-17(38)7-33)27(49-21(42)10-36)25(44-2)15(47-28)12-46-20(41)9-35/h13-15,22-28,31-36H,3-12H2,1-2H3,(H,29,37)(H,30,38). The Morgan fingerprint density at radius 2 is 1.18 bits per heavy atom. The molecule has 8 N–H and O–H groups in total. The maximum atomic E-state index is 12.8. The van der Waals surface area contributed by atoms with Gasteiger partial charge in [-0.05, 0) is 6.42 Å². The molecule has 2 fully saturated rings. The number of amides is 2. The van der Waals surface area contributed by atoms with Crippen LogP contribution in [0.4, 0.5) is 0 Å². The van der Waals surface area contributed by atoms with Crippen LogP contribution in [0.1, 0.15) is 12.8 Å². The Morgan fingerprint density at radius 3 is 1.70 bits per heavy atom. The quantitative estimate of drug-likeness (QED) is 0.0453. The molecule has 0 aromatic heterocycles. The van der Waals surface area contributed by atoms with Gasteiger partial charge in [-0.3, -0.25) is 14.4 Å². The zero-order valence-electron chi connectivity index (χ0n) is 27.2. The largest absolute Gasteiger partial charge is 0.464 e. The summed E-state index contributed by atoms with van der Waals surface area (Å²) in [5.74, 6) is -7.40. The number of carbonyl (C=O) groups excluding carboxylic acids is 6. The molecule has 286 valence electrons. The van der Waals surface area contributed by atoms with Gasteiger partial charge in [0.25, 0.3) is 0 Å². The molecule has 0 bridgehead atoms. The van der Waals surface area contributed by atoms with Crippen molar-refractivity contribution in [1.82, 2.24) is 10.6 Å². The van der Waals surface area contributed by atoms with E-state index >= 15 is 0 Å². The molecule has 2 aliphatic rings. The molecule has 0 aromatic rings. The van der Waals surface area contributed by atoms with Gasteiger partial charge < -0.3 is 79.2 Å². The maximum Gasteiger partial charge on any atom is 0.332 e. The molecule has 10 unspecified atom stereocenters. The van der Waals surface area contributed by atoms with Crippen LogP contribution >= 0.6 is 0 Å². The average Bonchev–Trinajstić information content (AvgIpc) is 3.11. The molecule has 10 atom stereocenters. The van der Waals surface area contributed by atoms with E-state index in [0.29, 0.717) is 0 Å². The summed E-state index contributed by atoms with van der Waals surface area (Å²) in [5.41, 5.74) is 0. The molecule has 1 aliphatic carbocycles. The van der Waals surface area contributed by atoms with Crippen LogP contribution < -0.4 is 10.6 Å².